The highest BCUT2D eigenvalue weighted by Crippen LogP contribution is 2.30. The Morgan fingerprint density at radius 2 is 0.467 bits per heavy atom. The first-order valence-electron chi connectivity index (χ1n) is 27.4. The van der Waals surface area contributed by atoms with Crippen LogP contribution in [0.2, 0.25) is 0 Å². The summed E-state index contributed by atoms with van der Waals surface area (Å²) in [5, 5.41) is 0. The van der Waals surface area contributed by atoms with Crippen LogP contribution in [-0.4, -0.2) is 127 Å². The fraction of sp³-hybridized carbons (Fsp3) is 0.333. The molecular weight excluding hydrogens is 1200 g/mol. The van der Waals surface area contributed by atoms with Crippen LogP contribution >= 0.6 is 0 Å². The summed E-state index contributed by atoms with van der Waals surface area (Å²) in [6, 6.07) is 27.6. The van der Waals surface area contributed by atoms with Gasteiger partial charge in [0, 0.05) is 17.8 Å². The van der Waals surface area contributed by atoms with Crippen LogP contribution in [0.4, 0.5) is 24.0 Å². The highest BCUT2D eigenvalue weighted by molar-refractivity contribution is 5.91. The van der Waals surface area contributed by atoms with Gasteiger partial charge in [-0.3, -0.25) is 0 Å². The second-order valence-electron chi connectivity index (χ2n) is 17.7. The highest BCUT2D eigenvalue weighted by Gasteiger charge is 2.35. The van der Waals surface area contributed by atoms with Gasteiger partial charge in [0.25, 0.3) is 0 Å². The van der Waals surface area contributed by atoms with E-state index in [0.29, 0.717) is 61.8 Å². The summed E-state index contributed by atoms with van der Waals surface area (Å²) in [5.41, 5.74) is -0.383. The lowest BCUT2D eigenvalue weighted by molar-refractivity contribution is -0.210. The molecule has 90 heavy (non-hydrogen) atoms. The number of carbonyl (C=O) groups excluding carboxylic acids is 10. The lowest BCUT2D eigenvalue weighted by Gasteiger charge is -2.32. The third-order valence-corrected chi connectivity index (χ3v) is 11.8. The van der Waals surface area contributed by atoms with Gasteiger partial charge in [0.1, 0.15) is 28.7 Å². The van der Waals surface area contributed by atoms with Crippen LogP contribution in [-0.2, 0) is 72.6 Å². The molecule has 5 aromatic carbocycles. The Bertz CT molecular complexity index is 2940. The van der Waals surface area contributed by atoms with E-state index in [1.165, 1.54) is 121 Å². The monoisotopic (exact) mass is 1260 g/mol. The van der Waals surface area contributed by atoms with Gasteiger partial charge in [0.15, 0.2) is 0 Å². The first-order chi connectivity index (χ1) is 43.5. The molecule has 0 aromatic heterocycles. The average molecular weight is 1260 g/mol. The van der Waals surface area contributed by atoms with Gasteiger partial charge in [-0.2, -0.15) is 24.0 Å². The van der Waals surface area contributed by atoms with Gasteiger partial charge in [0.05, 0.1) is 93.9 Å². The maximum Gasteiger partial charge on any atom is 0.549 e. The van der Waals surface area contributed by atoms with Crippen LogP contribution in [0.15, 0.2) is 121 Å². The number of ether oxygens (including phenoxy) is 10. The van der Waals surface area contributed by atoms with Crippen molar-refractivity contribution in [2.24, 2.45) is 17.8 Å². The van der Waals surface area contributed by atoms with Crippen molar-refractivity contribution in [2.45, 2.75) is 47.5 Å². The Kier molecular flexibility index (Phi) is 29.4. The lowest BCUT2D eigenvalue weighted by Crippen LogP contribution is -2.37. The molecule has 5 rings (SSSR count). The Labute approximate surface area is 512 Å². The first kappa shape index (κ1) is 69.6. The summed E-state index contributed by atoms with van der Waals surface area (Å²) in [4.78, 5) is 176. The summed E-state index contributed by atoms with van der Waals surface area (Å²) in [6.07, 6.45) is -9.13. The van der Waals surface area contributed by atoms with E-state index in [1.807, 2.05) is 0 Å². The van der Waals surface area contributed by atoms with Gasteiger partial charge in [-0.1, -0.05) is 0 Å². The van der Waals surface area contributed by atoms with E-state index < -0.39 is 124 Å². The van der Waals surface area contributed by atoms with Gasteiger partial charge in [0.2, 0.25) is 0 Å². The molecule has 0 saturated heterocycles. The van der Waals surface area contributed by atoms with E-state index in [1.54, 1.807) is 34.6 Å². The molecule has 0 radical (unpaired) electrons. The van der Waals surface area contributed by atoms with Crippen LogP contribution in [0.5, 0.6) is 28.7 Å². The van der Waals surface area contributed by atoms with Crippen molar-refractivity contribution in [2.75, 3.05) is 66.1 Å². The SMILES string of the molecule is CCOc1ccc(C(=O)OOC(=O)OCCC(COC(=O)OOC(=O)c2ccc(OCC)cc2)C(COC(=O)OOC(=O)c2ccc(OCC)cc2)C(CCOC(=O)OOC(=O)c2ccc(OCC)cc2)COC(=O)OOC(=O)c2ccc(OCC)cc2)cc1. The number of rotatable bonds is 29. The quantitative estimate of drug-likeness (QED) is 0.0186. The number of carbonyl (C=O) groups is 10. The van der Waals surface area contributed by atoms with Crippen LogP contribution in [0, 0.1) is 17.8 Å². The highest BCUT2D eigenvalue weighted by atomic mass is 17.3. The maximum absolute atomic E-state index is 13.3. The summed E-state index contributed by atoms with van der Waals surface area (Å²) in [7, 11) is 0. The topological polar surface area (TPSA) is 355 Å². The van der Waals surface area contributed by atoms with E-state index in [9.17, 15) is 47.9 Å². The zero-order chi connectivity index (χ0) is 65.0. The zero-order valence-corrected chi connectivity index (χ0v) is 49.0. The largest absolute Gasteiger partial charge is 0.549 e. The zero-order valence-electron chi connectivity index (χ0n) is 49.0. The molecule has 0 aliphatic heterocycles. The number of hydrogen-bond donors (Lipinski definition) is 0. The van der Waals surface area contributed by atoms with E-state index in [4.69, 9.17) is 52.3 Å². The summed E-state index contributed by atoms with van der Waals surface area (Å²) in [6.45, 7) is 6.27. The molecule has 0 amide bonds. The Hall–Kier alpha value is -11.2. The van der Waals surface area contributed by atoms with Crippen molar-refractivity contribution >= 4 is 60.6 Å². The van der Waals surface area contributed by atoms with E-state index in [-0.39, 0.29) is 27.8 Å². The standard InChI is InChI=1S/C60H62O30/c1-6-71-45-21-11-38(12-22-45)51(61)81-86-56(66)76-33-31-43(35-78-58(68)88-83-53(63)40-15-25-47(26-16-40)73-8-3)50(37-80-60(70)90-85-55(65)42-19-29-49(30-20-42)75-10-5)44(36-79-59(69)89-84-54(64)41-17-27-48(28-18-41)74-9-4)32-34-77-57(67)87-82-52(62)39-13-23-46(24-14-39)72-7-2/h11-30,43-44,50H,6-10,31-37H2,1-5H3. The van der Waals surface area contributed by atoms with Gasteiger partial charge in [-0.15, -0.1) is 0 Å². The molecule has 2 atom stereocenters. The molecule has 0 fully saturated rings. The minimum Gasteiger partial charge on any atom is -0.494 e. The molecule has 0 aliphatic carbocycles. The second kappa shape index (κ2) is 38.1. The van der Waals surface area contributed by atoms with Gasteiger partial charge in [-0.25, -0.2) is 72.8 Å². The summed E-state index contributed by atoms with van der Waals surface area (Å²) in [5.74, 6) is -7.80. The van der Waals surface area contributed by atoms with E-state index >= 15 is 0 Å². The van der Waals surface area contributed by atoms with Crippen LogP contribution in [0.25, 0.3) is 0 Å². The maximum atomic E-state index is 13.3. The molecule has 0 heterocycles. The van der Waals surface area contributed by atoms with Crippen molar-refractivity contribution in [3.8, 4) is 28.7 Å². The summed E-state index contributed by atoms with van der Waals surface area (Å²) < 4.78 is 53.2. The van der Waals surface area contributed by atoms with Crippen LogP contribution < -0.4 is 23.7 Å². The molecule has 5 aromatic rings. The Morgan fingerprint density at radius 1 is 0.267 bits per heavy atom. The average Bonchev–Trinajstić information content (AvgIpc) is 3.34. The predicted molar refractivity (Wildman–Crippen MR) is 297 cm³/mol. The normalized spacial score (nSPS) is 11.3. The molecular formula is C60H62O30. The fourth-order valence-electron chi connectivity index (χ4n) is 7.59. The van der Waals surface area contributed by atoms with Crippen molar-refractivity contribution in [3.05, 3.63) is 149 Å². The minimum absolute atomic E-state index is 0.0575. The van der Waals surface area contributed by atoms with E-state index in [0.717, 1.165) is 0 Å². The smallest absolute Gasteiger partial charge is 0.494 e. The first-order valence-corrected chi connectivity index (χ1v) is 27.4. The molecule has 2 unspecified atom stereocenters. The van der Waals surface area contributed by atoms with Crippen molar-refractivity contribution < 1.29 is 144 Å². The molecule has 0 N–H and O–H groups in total. The molecule has 30 heteroatoms. The number of benzene rings is 5. The van der Waals surface area contributed by atoms with Crippen molar-refractivity contribution in [1.82, 2.24) is 0 Å². The van der Waals surface area contributed by atoms with Crippen LogP contribution in [0.3, 0.4) is 0 Å². The molecule has 0 spiro atoms. The Balaban J connectivity index is 1.41. The molecule has 30 nitrogen and oxygen atoms in total. The predicted octanol–water partition coefficient (Wildman–Crippen LogP) is 10.2. The third-order valence-electron chi connectivity index (χ3n) is 11.8. The van der Waals surface area contributed by atoms with E-state index in [2.05, 4.69) is 44.0 Å². The lowest BCUT2D eigenvalue weighted by atomic mass is 9.79. The molecule has 0 aliphatic rings. The van der Waals surface area contributed by atoms with Crippen LogP contribution in [0.1, 0.15) is 99.3 Å². The minimum atomic E-state index is -1.68. The van der Waals surface area contributed by atoms with Crippen molar-refractivity contribution in [1.29, 1.82) is 0 Å². The number of hydrogen-bond acceptors (Lipinski definition) is 30. The third kappa shape index (κ3) is 24.6. The van der Waals surface area contributed by atoms with Gasteiger partial charge < -0.3 is 47.4 Å². The summed E-state index contributed by atoms with van der Waals surface area (Å²) >= 11 is 0. The van der Waals surface area contributed by atoms with Crippen molar-refractivity contribution in [3.63, 3.8) is 0 Å². The molecule has 482 valence electrons. The molecule has 0 saturated carbocycles. The fourth-order valence-corrected chi connectivity index (χ4v) is 7.59. The molecule has 0 bridgehead atoms. The Morgan fingerprint density at radius 3 is 0.678 bits per heavy atom. The second-order valence-corrected chi connectivity index (χ2v) is 17.7. The van der Waals surface area contributed by atoms with Gasteiger partial charge >= 0.3 is 60.6 Å². The van der Waals surface area contributed by atoms with Gasteiger partial charge in [-0.05, 0) is 169 Å².